The number of carbonyl (C=O) groups excluding carboxylic acids is 1. The maximum atomic E-state index is 13.2. The van der Waals surface area contributed by atoms with E-state index in [0.29, 0.717) is 6.07 Å². The zero-order valence-corrected chi connectivity index (χ0v) is 14.0. The number of amides is 1. The van der Waals surface area contributed by atoms with Crippen molar-refractivity contribution < 1.29 is 40.4 Å². The van der Waals surface area contributed by atoms with Gasteiger partial charge in [0.15, 0.2) is 5.75 Å². The Kier molecular flexibility index (Phi) is 5.43. The Morgan fingerprint density at radius 3 is 2.38 bits per heavy atom. The highest BCUT2D eigenvalue weighted by atomic mass is 19.4. The van der Waals surface area contributed by atoms with Crippen molar-refractivity contribution in [3.05, 3.63) is 59.7 Å². The molecule has 0 saturated carbocycles. The van der Waals surface area contributed by atoms with Gasteiger partial charge in [0.05, 0.1) is 5.69 Å². The maximum Gasteiger partial charge on any atom is 0.471 e. The molecule has 6 nitrogen and oxygen atoms in total. The lowest BCUT2D eigenvalue weighted by atomic mass is 10.1. The van der Waals surface area contributed by atoms with E-state index in [9.17, 15) is 31.1 Å². The molecule has 2 aromatic carbocycles. The number of alkyl halides is 5. The lowest BCUT2D eigenvalue weighted by Crippen LogP contribution is -2.14. The number of nitrogens with one attached hydrogen (secondary N) is 1. The molecular weight excluding hydrogens is 408 g/mol. The highest BCUT2D eigenvalue weighted by molar-refractivity contribution is 6.05. The number of rotatable bonds is 5. The number of nitrogens with zero attached hydrogens (tertiary/aromatic N) is 2. The number of anilines is 1. The Morgan fingerprint density at radius 2 is 1.79 bits per heavy atom. The molecule has 0 radical (unpaired) electrons. The van der Waals surface area contributed by atoms with Gasteiger partial charge in [0.1, 0.15) is 5.82 Å². The molecule has 0 aliphatic rings. The van der Waals surface area contributed by atoms with Crippen LogP contribution in [0.25, 0.3) is 11.4 Å². The fourth-order valence-electron chi connectivity index (χ4n) is 2.21. The van der Waals surface area contributed by atoms with Crippen LogP contribution >= 0.6 is 0 Å². The number of aromatic nitrogens is 2. The predicted octanol–water partition coefficient (Wildman–Crippen LogP) is 4.75. The molecule has 3 aromatic rings. The van der Waals surface area contributed by atoms with Crippen molar-refractivity contribution in [2.75, 3.05) is 5.32 Å². The summed E-state index contributed by atoms with van der Waals surface area (Å²) in [6.07, 6.45) is -4.79. The molecule has 1 heterocycles. The van der Waals surface area contributed by atoms with E-state index >= 15 is 0 Å². The zero-order valence-electron chi connectivity index (χ0n) is 14.0. The first kappa shape index (κ1) is 20.2. The number of hydrogen-bond acceptors (Lipinski definition) is 5. The molecule has 152 valence electrons. The van der Waals surface area contributed by atoms with Crippen LogP contribution in [0.1, 0.15) is 16.2 Å². The molecule has 12 heteroatoms. The highest BCUT2D eigenvalue weighted by Gasteiger charge is 2.38. The number of hydrogen-bond donors (Lipinski definition) is 1. The van der Waals surface area contributed by atoms with Gasteiger partial charge in [0.2, 0.25) is 5.82 Å². The van der Waals surface area contributed by atoms with Crippen LogP contribution in [0, 0.1) is 5.82 Å². The monoisotopic (exact) mass is 417 g/mol. The Hall–Kier alpha value is -3.57. The lowest BCUT2D eigenvalue weighted by molar-refractivity contribution is -0.159. The van der Waals surface area contributed by atoms with E-state index in [0.717, 1.165) is 12.1 Å². The van der Waals surface area contributed by atoms with E-state index in [4.69, 9.17) is 0 Å². The third kappa shape index (κ3) is 4.83. The summed E-state index contributed by atoms with van der Waals surface area (Å²) < 4.78 is 83.9. The van der Waals surface area contributed by atoms with E-state index in [1.165, 1.54) is 24.3 Å². The summed E-state index contributed by atoms with van der Waals surface area (Å²) in [6.45, 7) is -3.23. The fourth-order valence-corrected chi connectivity index (χ4v) is 2.21. The van der Waals surface area contributed by atoms with Gasteiger partial charge in [-0.15, -0.1) is 0 Å². The van der Waals surface area contributed by atoms with E-state index in [1.807, 2.05) is 0 Å². The minimum absolute atomic E-state index is 0.0283. The molecule has 0 aliphatic heterocycles. The van der Waals surface area contributed by atoms with Crippen molar-refractivity contribution in [2.45, 2.75) is 12.8 Å². The van der Waals surface area contributed by atoms with Crippen molar-refractivity contribution >= 4 is 11.6 Å². The Morgan fingerprint density at radius 1 is 1.10 bits per heavy atom. The van der Waals surface area contributed by atoms with Crippen LogP contribution in [0.3, 0.4) is 0 Å². The van der Waals surface area contributed by atoms with Gasteiger partial charge in [-0.05, 0) is 24.3 Å². The molecule has 0 unspecified atom stereocenters. The normalized spacial score (nSPS) is 11.6. The predicted molar refractivity (Wildman–Crippen MR) is 85.7 cm³/mol. The second-order valence-electron chi connectivity index (χ2n) is 5.47. The van der Waals surface area contributed by atoms with Crippen molar-refractivity contribution in [3.63, 3.8) is 0 Å². The van der Waals surface area contributed by atoms with Crippen LogP contribution in [0.5, 0.6) is 5.75 Å². The average molecular weight is 417 g/mol. The van der Waals surface area contributed by atoms with Crippen LogP contribution in [0.2, 0.25) is 0 Å². The first-order valence-corrected chi connectivity index (χ1v) is 7.70. The molecule has 1 N–H and O–H groups in total. The van der Waals surface area contributed by atoms with Gasteiger partial charge in [-0.25, -0.2) is 4.39 Å². The van der Waals surface area contributed by atoms with Gasteiger partial charge < -0.3 is 14.6 Å². The van der Waals surface area contributed by atoms with Crippen LogP contribution in [-0.2, 0) is 6.18 Å². The second kappa shape index (κ2) is 7.81. The molecule has 0 spiro atoms. The summed E-state index contributed by atoms with van der Waals surface area (Å²) in [4.78, 5) is 15.5. The molecule has 0 aliphatic carbocycles. The fraction of sp³-hybridized carbons (Fsp3) is 0.118. The van der Waals surface area contributed by atoms with Gasteiger partial charge in [0, 0.05) is 17.2 Å². The van der Waals surface area contributed by atoms with E-state index in [1.54, 1.807) is 0 Å². The molecule has 29 heavy (non-hydrogen) atoms. The Balaban J connectivity index is 1.77. The lowest BCUT2D eigenvalue weighted by Gasteiger charge is -2.12. The van der Waals surface area contributed by atoms with E-state index in [2.05, 4.69) is 24.7 Å². The number of carbonyl (C=O) groups is 1. The van der Waals surface area contributed by atoms with E-state index in [-0.39, 0.29) is 22.6 Å². The standard InChI is InChI=1S/C17H9F6N3O3/c18-10-5-6-11(12(7-10)28-16(19)20)24-14(27)9-3-1-8(2-4-9)13-25-15(29-26-13)17(21,22)23/h1-7,16H,(H,24,27). The third-order valence-electron chi connectivity index (χ3n) is 3.48. The van der Waals surface area contributed by atoms with Crippen molar-refractivity contribution in [3.8, 4) is 17.1 Å². The van der Waals surface area contributed by atoms with Crippen molar-refractivity contribution in [1.29, 1.82) is 0 Å². The van der Waals surface area contributed by atoms with Crippen LogP contribution in [0.4, 0.5) is 32.0 Å². The topological polar surface area (TPSA) is 77.2 Å². The van der Waals surface area contributed by atoms with Gasteiger partial charge >= 0.3 is 18.7 Å². The SMILES string of the molecule is O=C(Nc1ccc(F)cc1OC(F)F)c1ccc(-c2noc(C(F)(F)F)n2)cc1. The van der Waals surface area contributed by atoms with Gasteiger partial charge in [-0.2, -0.15) is 26.9 Å². The minimum atomic E-state index is -4.79. The number of benzene rings is 2. The average Bonchev–Trinajstić information content (AvgIpc) is 3.14. The Labute approximate surface area is 158 Å². The van der Waals surface area contributed by atoms with Crippen molar-refractivity contribution in [2.24, 2.45) is 0 Å². The molecule has 0 bridgehead atoms. The summed E-state index contributed by atoms with van der Waals surface area (Å²) in [7, 11) is 0. The maximum absolute atomic E-state index is 13.2. The minimum Gasteiger partial charge on any atom is -0.432 e. The summed E-state index contributed by atoms with van der Waals surface area (Å²) in [6, 6.07) is 7.67. The number of halogens is 6. The summed E-state index contributed by atoms with van der Waals surface area (Å²) in [5.41, 5.74) is -0.0290. The molecule has 3 rings (SSSR count). The quantitative estimate of drug-likeness (QED) is 0.607. The molecule has 1 amide bonds. The summed E-state index contributed by atoms with van der Waals surface area (Å²) in [5.74, 6) is -4.03. The first-order chi connectivity index (χ1) is 13.6. The third-order valence-corrected chi connectivity index (χ3v) is 3.48. The van der Waals surface area contributed by atoms with Crippen LogP contribution in [0.15, 0.2) is 47.0 Å². The van der Waals surface area contributed by atoms with Gasteiger partial charge in [-0.1, -0.05) is 17.3 Å². The largest absolute Gasteiger partial charge is 0.471 e. The molecule has 1 aromatic heterocycles. The summed E-state index contributed by atoms with van der Waals surface area (Å²) >= 11 is 0. The van der Waals surface area contributed by atoms with Crippen LogP contribution < -0.4 is 10.1 Å². The second-order valence-corrected chi connectivity index (χ2v) is 5.47. The van der Waals surface area contributed by atoms with E-state index < -0.39 is 36.2 Å². The Bertz CT molecular complexity index is 1020. The smallest absolute Gasteiger partial charge is 0.432 e. The van der Waals surface area contributed by atoms with Gasteiger partial charge in [-0.3, -0.25) is 4.79 Å². The first-order valence-electron chi connectivity index (χ1n) is 7.70. The zero-order chi connectivity index (χ0) is 21.2. The molecule has 0 saturated heterocycles. The highest BCUT2D eigenvalue weighted by Crippen LogP contribution is 2.30. The molecular formula is C17H9F6N3O3. The number of ether oxygens (including phenoxy) is 1. The van der Waals surface area contributed by atoms with Crippen LogP contribution in [-0.4, -0.2) is 22.7 Å². The summed E-state index contributed by atoms with van der Waals surface area (Å²) in [5, 5.41) is 5.49. The van der Waals surface area contributed by atoms with Gasteiger partial charge in [0.25, 0.3) is 5.91 Å². The van der Waals surface area contributed by atoms with Crippen molar-refractivity contribution in [1.82, 2.24) is 10.1 Å². The molecule has 0 fully saturated rings. The molecule has 0 atom stereocenters.